The molecule has 0 unspecified atom stereocenters. The second-order valence-electron chi connectivity index (χ2n) is 3.33. The Kier molecular flexibility index (Phi) is 1.08. The predicted molar refractivity (Wildman–Crippen MR) is 34.9 cm³/mol. The Morgan fingerprint density at radius 2 is 2.30 bits per heavy atom. The second kappa shape index (κ2) is 1.82. The summed E-state index contributed by atoms with van der Waals surface area (Å²) in [5.41, 5.74) is 0. The number of hydrogen-bond acceptors (Lipinski definition) is 2. The molecule has 0 amide bonds. The molecule has 2 heteroatoms. The van der Waals surface area contributed by atoms with Crippen LogP contribution in [0.25, 0.3) is 0 Å². The first-order valence-corrected chi connectivity index (χ1v) is 3.73. The molecule has 10 heavy (non-hydrogen) atoms. The van der Waals surface area contributed by atoms with E-state index >= 15 is 0 Å². The van der Waals surface area contributed by atoms with Gasteiger partial charge < -0.3 is 0 Å². The number of carbonyl (C=O) groups excluding carboxylic acids is 1. The van der Waals surface area contributed by atoms with Crippen LogP contribution in [0.3, 0.4) is 0 Å². The molecule has 0 aromatic heterocycles. The Morgan fingerprint density at radius 3 is 2.70 bits per heavy atom. The molecule has 0 N–H and O–H groups in total. The molecule has 3 atom stereocenters. The van der Waals surface area contributed by atoms with Crippen molar-refractivity contribution in [3.63, 3.8) is 0 Å². The maximum atomic E-state index is 11.0. The van der Waals surface area contributed by atoms with Gasteiger partial charge in [0.25, 0.3) is 0 Å². The molecule has 2 nitrogen and oxygen atoms in total. The lowest BCUT2D eigenvalue weighted by Gasteiger charge is -2.12. The van der Waals surface area contributed by atoms with Gasteiger partial charge >= 0.3 is 0 Å². The minimum atomic E-state index is 0.197. The summed E-state index contributed by atoms with van der Waals surface area (Å²) in [5, 5.41) is 8.61. The fourth-order valence-electron chi connectivity index (χ4n) is 2.20. The molecule has 2 fully saturated rings. The highest BCUT2D eigenvalue weighted by atomic mass is 16.1. The number of nitrogens with zero attached hydrogens (tertiary/aromatic N) is 1. The summed E-state index contributed by atoms with van der Waals surface area (Å²) in [6, 6.07) is 2.26. The molecule has 2 rings (SSSR count). The van der Waals surface area contributed by atoms with Crippen LogP contribution in [-0.4, -0.2) is 5.78 Å². The fraction of sp³-hybridized carbons (Fsp3) is 0.750. The summed E-state index contributed by atoms with van der Waals surface area (Å²) < 4.78 is 0. The Labute approximate surface area is 59.8 Å². The lowest BCUT2D eigenvalue weighted by molar-refractivity contribution is -0.122. The number of fused-ring (bicyclic) bond motifs is 2. The molecule has 0 radical (unpaired) electrons. The normalized spacial score (nSPS) is 43.9. The number of rotatable bonds is 0. The molecule has 2 saturated carbocycles. The van der Waals surface area contributed by atoms with Gasteiger partial charge in [-0.1, -0.05) is 0 Å². The smallest absolute Gasteiger partial charge is 0.136 e. The molecule has 0 aromatic carbocycles. The van der Waals surface area contributed by atoms with Crippen LogP contribution < -0.4 is 0 Å². The van der Waals surface area contributed by atoms with E-state index in [4.69, 9.17) is 5.26 Å². The molecular formula is C8H9NO. The van der Waals surface area contributed by atoms with Crippen molar-refractivity contribution in [2.45, 2.75) is 19.3 Å². The van der Waals surface area contributed by atoms with E-state index in [0.29, 0.717) is 18.1 Å². The summed E-state index contributed by atoms with van der Waals surface area (Å²) in [5.74, 6) is 1.27. The van der Waals surface area contributed by atoms with Gasteiger partial charge in [0.1, 0.15) is 5.78 Å². The number of carbonyl (C=O) groups is 1. The van der Waals surface area contributed by atoms with Crippen molar-refractivity contribution in [1.82, 2.24) is 0 Å². The molecule has 0 spiro atoms. The van der Waals surface area contributed by atoms with Crippen molar-refractivity contribution >= 4 is 5.78 Å². The fourth-order valence-corrected chi connectivity index (χ4v) is 2.20. The van der Waals surface area contributed by atoms with Crippen LogP contribution >= 0.6 is 0 Å². The number of ketones is 1. The third kappa shape index (κ3) is 0.607. The van der Waals surface area contributed by atoms with Gasteiger partial charge in [0.05, 0.1) is 12.0 Å². The summed E-state index contributed by atoms with van der Waals surface area (Å²) in [7, 11) is 0. The third-order valence-electron chi connectivity index (χ3n) is 2.78. The van der Waals surface area contributed by atoms with Crippen molar-refractivity contribution in [3.05, 3.63) is 0 Å². The Balaban J connectivity index is 2.18. The zero-order valence-electron chi connectivity index (χ0n) is 5.71. The monoisotopic (exact) mass is 135 g/mol. The average molecular weight is 135 g/mol. The van der Waals surface area contributed by atoms with Gasteiger partial charge in [-0.15, -0.1) is 0 Å². The summed E-state index contributed by atoms with van der Waals surface area (Å²) >= 11 is 0. The maximum absolute atomic E-state index is 11.0. The van der Waals surface area contributed by atoms with Gasteiger partial charge in [0.15, 0.2) is 0 Å². The van der Waals surface area contributed by atoms with E-state index < -0.39 is 0 Å². The van der Waals surface area contributed by atoms with Crippen LogP contribution in [0.2, 0.25) is 0 Å². The molecule has 52 valence electrons. The van der Waals surface area contributed by atoms with Crippen molar-refractivity contribution in [2.24, 2.45) is 17.8 Å². The van der Waals surface area contributed by atoms with Crippen LogP contribution in [0.4, 0.5) is 0 Å². The predicted octanol–water partition coefficient (Wildman–Crippen LogP) is 1.13. The van der Waals surface area contributed by atoms with Gasteiger partial charge in [-0.3, -0.25) is 4.79 Å². The van der Waals surface area contributed by atoms with E-state index in [1.165, 1.54) is 0 Å². The summed E-state index contributed by atoms with van der Waals surface area (Å²) in [4.78, 5) is 11.0. The van der Waals surface area contributed by atoms with Gasteiger partial charge in [0.2, 0.25) is 0 Å². The summed E-state index contributed by atoms with van der Waals surface area (Å²) in [6.45, 7) is 0. The van der Waals surface area contributed by atoms with Gasteiger partial charge in [0, 0.05) is 12.3 Å². The van der Waals surface area contributed by atoms with Crippen molar-refractivity contribution in [1.29, 1.82) is 5.26 Å². The molecule has 0 aliphatic heterocycles. The van der Waals surface area contributed by atoms with Gasteiger partial charge in [-0.2, -0.15) is 5.26 Å². The standard InChI is InChI=1S/C8H9NO/c9-4-7-2-6-1-5(7)3-8(6)10/h5-7H,1-3H2/t5-,6-,7+/m0/s1. The number of hydrogen-bond donors (Lipinski definition) is 0. The zero-order valence-corrected chi connectivity index (χ0v) is 5.71. The number of Topliss-reactive ketones (excluding diaryl/α,β-unsaturated/α-hetero) is 1. The Bertz CT molecular complexity index is 216. The van der Waals surface area contributed by atoms with Crippen LogP contribution in [0, 0.1) is 29.1 Å². The first kappa shape index (κ1) is 5.91. The van der Waals surface area contributed by atoms with Crippen LogP contribution in [0.1, 0.15) is 19.3 Å². The third-order valence-corrected chi connectivity index (χ3v) is 2.78. The van der Waals surface area contributed by atoms with Gasteiger partial charge in [-0.05, 0) is 18.8 Å². The minimum absolute atomic E-state index is 0.197. The first-order chi connectivity index (χ1) is 4.81. The second-order valence-corrected chi connectivity index (χ2v) is 3.33. The van der Waals surface area contributed by atoms with Crippen molar-refractivity contribution < 1.29 is 4.79 Å². The highest BCUT2D eigenvalue weighted by Crippen LogP contribution is 2.45. The topological polar surface area (TPSA) is 40.9 Å². The first-order valence-electron chi connectivity index (χ1n) is 3.73. The van der Waals surface area contributed by atoms with E-state index in [9.17, 15) is 4.79 Å². The molecule has 0 saturated heterocycles. The van der Waals surface area contributed by atoms with E-state index in [-0.39, 0.29) is 11.8 Å². The lowest BCUT2D eigenvalue weighted by Crippen LogP contribution is -2.15. The van der Waals surface area contributed by atoms with E-state index in [1.807, 2.05) is 0 Å². The molecule has 0 heterocycles. The van der Waals surface area contributed by atoms with Crippen LogP contribution in [0.15, 0.2) is 0 Å². The van der Waals surface area contributed by atoms with Crippen LogP contribution in [0.5, 0.6) is 0 Å². The van der Waals surface area contributed by atoms with E-state index in [2.05, 4.69) is 6.07 Å². The average Bonchev–Trinajstić information content (AvgIpc) is 2.44. The van der Waals surface area contributed by atoms with Crippen molar-refractivity contribution in [3.8, 4) is 6.07 Å². The highest BCUT2D eigenvalue weighted by Gasteiger charge is 2.44. The van der Waals surface area contributed by atoms with Crippen molar-refractivity contribution in [2.75, 3.05) is 0 Å². The van der Waals surface area contributed by atoms with Gasteiger partial charge in [-0.25, -0.2) is 0 Å². The molecule has 2 aliphatic rings. The lowest BCUT2D eigenvalue weighted by atomic mass is 9.89. The molecule has 0 aromatic rings. The van der Waals surface area contributed by atoms with E-state index in [1.54, 1.807) is 0 Å². The zero-order chi connectivity index (χ0) is 7.14. The molecule has 2 bridgehead atoms. The Morgan fingerprint density at radius 1 is 1.50 bits per heavy atom. The highest BCUT2D eigenvalue weighted by molar-refractivity contribution is 5.84. The number of nitriles is 1. The molecule has 2 aliphatic carbocycles. The molecular weight excluding hydrogens is 126 g/mol. The van der Waals surface area contributed by atoms with Crippen LogP contribution in [-0.2, 0) is 4.79 Å². The van der Waals surface area contributed by atoms with E-state index in [0.717, 1.165) is 12.8 Å². The summed E-state index contributed by atoms with van der Waals surface area (Å²) in [6.07, 6.45) is 2.53. The maximum Gasteiger partial charge on any atom is 0.136 e. The minimum Gasteiger partial charge on any atom is -0.299 e. The SMILES string of the molecule is N#C[C@H]1C[C@@H]2C[C@H]1CC2=O. The largest absolute Gasteiger partial charge is 0.299 e. The Hall–Kier alpha value is -0.840. The quantitative estimate of drug-likeness (QED) is 0.499.